The molecule has 1 atom stereocenters. The van der Waals surface area contributed by atoms with E-state index >= 15 is 0 Å². The number of ether oxygens (including phenoxy) is 2. The molecule has 1 aliphatic heterocycles. The van der Waals surface area contributed by atoms with Crippen molar-refractivity contribution in [2.75, 3.05) is 57.7 Å². The lowest BCUT2D eigenvalue weighted by atomic mass is 9.99. The highest BCUT2D eigenvalue weighted by molar-refractivity contribution is 5.98. The van der Waals surface area contributed by atoms with Crippen molar-refractivity contribution < 1.29 is 18.7 Å². The van der Waals surface area contributed by atoms with Crippen molar-refractivity contribution in [3.05, 3.63) is 63.3 Å². The first kappa shape index (κ1) is 24.1. The molecule has 1 saturated heterocycles. The molecule has 2 aromatic carbocycles. The van der Waals surface area contributed by atoms with Gasteiger partial charge in [0.15, 0.2) is 11.3 Å². The number of morpholine rings is 1. The van der Waals surface area contributed by atoms with Crippen LogP contribution in [0.2, 0.25) is 0 Å². The van der Waals surface area contributed by atoms with Crippen LogP contribution in [0, 0.1) is 11.3 Å². The fourth-order valence-electron chi connectivity index (χ4n) is 4.12. The van der Waals surface area contributed by atoms with Crippen molar-refractivity contribution >= 4 is 28.4 Å². The standard InChI is InChI=1S/C26H28N4O5/c1-16(28-21-11-17(15-27)5-6-23(21)33-4)19-12-18(26(32)29(2)3)13-20-22(31)14-24(35-25(19)20)30-7-9-34-10-8-30/h5-6,11-14,16,28H,7-10H2,1-4H3. The van der Waals surface area contributed by atoms with Gasteiger partial charge in [0.25, 0.3) is 5.91 Å². The minimum Gasteiger partial charge on any atom is -0.495 e. The van der Waals surface area contributed by atoms with Crippen molar-refractivity contribution in [1.29, 1.82) is 5.26 Å². The van der Waals surface area contributed by atoms with Crippen LogP contribution >= 0.6 is 0 Å². The van der Waals surface area contributed by atoms with Crippen LogP contribution in [0.15, 0.2) is 45.6 Å². The summed E-state index contributed by atoms with van der Waals surface area (Å²) in [7, 11) is 4.88. The molecule has 1 unspecified atom stereocenters. The maximum absolute atomic E-state index is 13.2. The highest BCUT2D eigenvalue weighted by Gasteiger charge is 2.22. The fraction of sp³-hybridized carbons (Fsp3) is 0.346. The van der Waals surface area contributed by atoms with E-state index in [-0.39, 0.29) is 11.3 Å². The predicted molar refractivity (Wildman–Crippen MR) is 133 cm³/mol. The number of amides is 1. The minimum absolute atomic E-state index is 0.221. The lowest BCUT2D eigenvalue weighted by molar-refractivity contribution is 0.0827. The summed E-state index contributed by atoms with van der Waals surface area (Å²) in [5.74, 6) is 0.812. The summed E-state index contributed by atoms with van der Waals surface area (Å²) in [6.07, 6.45) is 0. The van der Waals surface area contributed by atoms with E-state index in [9.17, 15) is 14.9 Å². The molecule has 1 aliphatic rings. The zero-order chi connectivity index (χ0) is 25.1. The Morgan fingerprint density at radius 1 is 1.20 bits per heavy atom. The SMILES string of the molecule is COc1ccc(C#N)cc1NC(C)c1cc(C(=O)N(C)C)cc2c(=O)cc(N3CCOCC3)oc12. The first-order chi connectivity index (χ1) is 16.8. The van der Waals surface area contributed by atoms with Crippen molar-refractivity contribution in [2.45, 2.75) is 13.0 Å². The number of nitriles is 1. The number of carbonyl (C=O) groups excluding carboxylic acids is 1. The van der Waals surface area contributed by atoms with Gasteiger partial charge < -0.3 is 29.0 Å². The van der Waals surface area contributed by atoms with E-state index in [4.69, 9.17) is 13.9 Å². The molecule has 9 nitrogen and oxygen atoms in total. The third-order valence-corrected chi connectivity index (χ3v) is 5.99. The molecule has 9 heteroatoms. The van der Waals surface area contributed by atoms with Crippen molar-refractivity contribution in [1.82, 2.24) is 4.90 Å². The van der Waals surface area contributed by atoms with E-state index in [0.29, 0.717) is 71.3 Å². The Morgan fingerprint density at radius 2 is 1.94 bits per heavy atom. The van der Waals surface area contributed by atoms with Crippen LogP contribution in [0.25, 0.3) is 11.0 Å². The van der Waals surface area contributed by atoms with Crippen molar-refractivity contribution in [3.8, 4) is 11.8 Å². The van der Waals surface area contributed by atoms with E-state index in [1.807, 2.05) is 11.8 Å². The Hall–Kier alpha value is -4.03. The monoisotopic (exact) mass is 476 g/mol. The number of nitrogens with one attached hydrogen (secondary N) is 1. The lowest BCUT2D eigenvalue weighted by Gasteiger charge is -2.27. The minimum atomic E-state index is -0.390. The van der Waals surface area contributed by atoms with Gasteiger partial charge in [-0.2, -0.15) is 5.26 Å². The van der Waals surface area contributed by atoms with Crippen molar-refractivity contribution in [2.24, 2.45) is 0 Å². The van der Waals surface area contributed by atoms with Gasteiger partial charge in [-0.25, -0.2) is 0 Å². The van der Waals surface area contributed by atoms with Gasteiger partial charge in [-0.05, 0) is 37.3 Å². The Balaban J connectivity index is 1.86. The van der Waals surface area contributed by atoms with Gasteiger partial charge >= 0.3 is 0 Å². The van der Waals surface area contributed by atoms with Gasteiger partial charge in [-0.15, -0.1) is 0 Å². The summed E-state index contributed by atoms with van der Waals surface area (Å²) < 4.78 is 17.2. The van der Waals surface area contributed by atoms with Crippen LogP contribution < -0.4 is 20.4 Å². The summed E-state index contributed by atoms with van der Waals surface area (Å²) in [5, 5.41) is 13.0. The first-order valence-electron chi connectivity index (χ1n) is 11.3. The zero-order valence-corrected chi connectivity index (χ0v) is 20.3. The predicted octanol–water partition coefficient (Wildman–Crippen LogP) is 3.38. The molecule has 3 aromatic rings. The van der Waals surface area contributed by atoms with Gasteiger partial charge in [-0.3, -0.25) is 9.59 Å². The molecule has 0 radical (unpaired) electrons. The number of methoxy groups -OCH3 is 1. The molecule has 0 saturated carbocycles. The number of hydrogen-bond donors (Lipinski definition) is 1. The Morgan fingerprint density at radius 3 is 2.60 bits per heavy atom. The van der Waals surface area contributed by atoms with Crippen molar-refractivity contribution in [3.63, 3.8) is 0 Å². The number of benzene rings is 2. The summed E-state index contributed by atoms with van der Waals surface area (Å²) in [5.41, 5.74) is 2.30. The third-order valence-electron chi connectivity index (χ3n) is 5.99. The number of hydrogen-bond acceptors (Lipinski definition) is 8. The average molecular weight is 477 g/mol. The highest BCUT2D eigenvalue weighted by atomic mass is 16.5. The molecule has 0 aliphatic carbocycles. The molecule has 4 rings (SSSR count). The normalized spacial score (nSPS) is 14.3. The quantitative estimate of drug-likeness (QED) is 0.577. The molecule has 0 bridgehead atoms. The molecule has 1 fully saturated rings. The molecular weight excluding hydrogens is 448 g/mol. The second kappa shape index (κ2) is 10.1. The number of rotatable bonds is 6. The summed E-state index contributed by atoms with van der Waals surface area (Å²) >= 11 is 0. The first-order valence-corrected chi connectivity index (χ1v) is 11.3. The van der Waals surface area contributed by atoms with Crippen LogP contribution in [0.1, 0.15) is 34.5 Å². The Kier molecular flexibility index (Phi) is 6.94. The molecule has 1 N–H and O–H groups in total. The Labute approximate surface area is 203 Å². The molecule has 1 aromatic heterocycles. The maximum atomic E-state index is 13.2. The summed E-state index contributed by atoms with van der Waals surface area (Å²) in [4.78, 5) is 29.5. The number of anilines is 2. The maximum Gasteiger partial charge on any atom is 0.253 e. The molecule has 35 heavy (non-hydrogen) atoms. The van der Waals surface area contributed by atoms with Crippen LogP contribution in [-0.4, -0.2) is 58.3 Å². The zero-order valence-electron chi connectivity index (χ0n) is 20.3. The van der Waals surface area contributed by atoms with E-state index in [1.54, 1.807) is 51.5 Å². The number of fused-ring (bicyclic) bond motifs is 1. The van der Waals surface area contributed by atoms with Crippen LogP contribution in [0.5, 0.6) is 5.75 Å². The number of carbonyl (C=O) groups is 1. The second-order valence-electron chi connectivity index (χ2n) is 8.58. The molecule has 182 valence electrons. The van der Waals surface area contributed by atoms with E-state index in [0.717, 1.165) is 0 Å². The topological polar surface area (TPSA) is 108 Å². The molecule has 0 spiro atoms. The molecular formula is C26H28N4O5. The second-order valence-corrected chi connectivity index (χ2v) is 8.58. The number of nitrogens with zero attached hydrogens (tertiary/aromatic N) is 3. The average Bonchev–Trinajstić information content (AvgIpc) is 2.88. The van der Waals surface area contributed by atoms with E-state index in [2.05, 4.69) is 11.4 Å². The molecule has 1 amide bonds. The largest absolute Gasteiger partial charge is 0.495 e. The van der Waals surface area contributed by atoms with Crippen LogP contribution in [-0.2, 0) is 4.74 Å². The van der Waals surface area contributed by atoms with E-state index in [1.165, 1.54) is 11.0 Å². The third kappa shape index (κ3) is 4.93. The highest BCUT2D eigenvalue weighted by Crippen LogP contribution is 2.33. The Bertz CT molecular complexity index is 1350. The van der Waals surface area contributed by atoms with Gasteiger partial charge in [0.1, 0.15) is 11.3 Å². The van der Waals surface area contributed by atoms with Gasteiger partial charge in [0.2, 0.25) is 0 Å². The lowest BCUT2D eigenvalue weighted by Crippen LogP contribution is -2.36. The molecule has 2 heterocycles. The van der Waals surface area contributed by atoms with Gasteiger partial charge in [0, 0.05) is 44.4 Å². The fourth-order valence-corrected chi connectivity index (χ4v) is 4.12. The van der Waals surface area contributed by atoms with Gasteiger partial charge in [-0.1, -0.05) is 0 Å². The van der Waals surface area contributed by atoms with E-state index < -0.39 is 6.04 Å². The van der Waals surface area contributed by atoms with Gasteiger partial charge in [0.05, 0.1) is 49.1 Å². The smallest absolute Gasteiger partial charge is 0.253 e. The summed E-state index contributed by atoms with van der Waals surface area (Å²) in [6.45, 7) is 4.24. The van der Waals surface area contributed by atoms with Crippen LogP contribution in [0.4, 0.5) is 11.6 Å². The summed E-state index contributed by atoms with van der Waals surface area (Å²) in [6, 6.07) is 11.6. The van der Waals surface area contributed by atoms with Crippen LogP contribution in [0.3, 0.4) is 0 Å².